The molecule has 0 radical (unpaired) electrons. The molecule has 4 nitrogen and oxygen atoms in total. The fourth-order valence-corrected chi connectivity index (χ4v) is 3.64. The Kier molecular flexibility index (Phi) is 16.9. The number of unbranched alkanes of at least 4 members (excludes halogenated alkanes) is 15. The van der Waals surface area contributed by atoms with Crippen LogP contribution in [-0.4, -0.2) is 24.2 Å². The summed E-state index contributed by atoms with van der Waals surface area (Å²) >= 11 is 0. The van der Waals surface area contributed by atoms with Crippen LogP contribution in [0.2, 0.25) is 0 Å². The lowest BCUT2D eigenvalue weighted by molar-refractivity contribution is -0.123. The fourth-order valence-electron chi connectivity index (χ4n) is 3.64. The van der Waals surface area contributed by atoms with Crippen LogP contribution in [0.1, 0.15) is 110 Å². The van der Waals surface area contributed by atoms with Crippen molar-refractivity contribution < 1.29 is 14.6 Å². The van der Waals surface area contributed by atoms with Gasteiger partial charge < -0.3 is 15.2 Å². The normalized spacial score (nSPS) is 10.8. The molecule has 0 spiro atoms. The molecule has 0 heterocycles. The number of rotatable bonds is 20. The standard InChI is InChI=1S/C26H45NO3/c1-2-3-4-5-6-7-8-9-10-11-12-13-14-15-16-17-22-27-26(29)23-30-25-20-18-24(28)19-21-25/h18-21,28H,2-17,22-23H2,1H3,(H,27,29). The van der Waals surface area contributed by atoms with Crippen molar-refractivity contribution in [3.05, 3.63) is 24.3 Å². The predicted molar refractivity (Wildman–Crippen MR) is 126 cm³/mol. The van der Waals surface area contributed by atoms with E-state index in [0.29, 0.717) is 5.75 Å². The van der Waals surface area contributed by atoms with Gasteiger partial charge in [-0.15, -0.1) is 0 Å². The molecule has 0 aliphatic carbocycles. The number of amides is 1. The van der Waals surface area contributed by atoms with Gasteiger partial charge in [-0.2, -0.15) is 0 Å². The van der Waals surface area contributed by atoms with Crippen molar-refractivity contribution in [3.63, 3.8) is 0 Å². The molecule has 0 atom stereocenters. The van der Waals surface area contributed by atoms with Crippen LogP contribution in [0.3, 0.4) is 0 Å². The molecule has 1 aromatic carbocycles. The minimum atomic E-state index is -0.0935. The summed E-state index contributed by atoms with van der Waals surface area (Å²) in [6.45, 7) is 3.01. The predicted octanol–water partition coefficient (Wildman–Crippen LogP) is 7.15. The van der Waals surface area contributed by atoms with E-state index >= 15 is 0 Å². The molecule has 0 aliphatic rings. The highest BCUT2D eigenvalue weighted by Crippen LogP contribution is 2.16. The quantitative estimate of drug-likeness (QED) is 0.221. The van der Waals surface area contributed by atoms with Crippen molar-refractivity contribution in [1.82, 2.24) is 5.32 Å². The maximum Gasteiger partial charge on any atom is 0.257 e. The molecule has 2 N–H and O–H groups in total. The van der Waals surface area contributed by atoms with Gasteiger partial charge in [0.1, 0.15) is 11.5 Å². The van der Waals surface area contributed by atoms with E-state index in [9.17, 15) is 9.90 Å². The van der Waals surface area contributed by atoms with Gasteiger partial charge in [-0.25, -0.2) is 0 Å². The molecule has 1 rings (SSSR count). The third kappa shape index (κ3) is 16.1. The molecule has 0 fully saturated rings. The highest BCUT2D eigenvalue weighted by atomic mass is 16.5. The van der Waals surface area contributed by atoms with E-state index in [1.54, 1.807) is 24.3 Å². The summed E-state index contributed by atoms with van der Waals surface area (Å²) in [4.78, 5) is 11.8. The van der Waals surface area contributed by atoms with Gasteiger partial charge in [-0.05, 0) is 30.7 Å². The van der Waals surface area contributed by atoms with Crippen molar-refractivity contribution in [1.29, 1.82) is 0 Å². The largest absolute Gasteiger partial charge is 0.508 e. The Balaban J connectivity index is 1.77. The van der Waals surface area contributed by atoms with Gasteiger partial charge in [0, 0.05) is 6.54 Å². The van der Waals surface area contributed by atoms with Crippen LogP contribution < -0.4 is 10.1 Å². The van der Waals surface area contributed by atoms with E-state index in [1.165, 1.54) is 96.3 Å². The average Bonchev–Trinajstić information content (AvgIpc) is 2.75. The number of ether oxygens (including phenoxy) is 1. The first-order chi connectivity index (χ1) is 14.7. The van der Waals surface area contributed by atoms with E-state index in [0.717, 1.165) is 13.0 Å². The van der Waals surface area contributed by atoms with E-state index in [1.807, 2.05) is 0 Å². The van der Waals surface area contributed by atoms with Crippen LogP contribution >= 0.6 is 0 Å². The van der Waals surface area contributed by atoms with Crippen molar-refractivity contribution in [3.8, 4) is 11.5 Å². The highest BCUT2D eigenvalue weighted by Gasteiger charge is 2.02. The van der Waals surface area contributed by atoms with Crippen LogP contribution in [0.25, 0.3) is 0 Å². The lowest BCUT2D eigenvalue weighted by Crippen LogP contribution is -2.29. The van der Waals surface area contributed by atoms with E-state index in [4.69, 9.17) is 4.74 Å². The molecule has 0 saturated carbocycles. The molecule has 30 heavy (non-hydrogen) atoms. The first-order valence-corrected chi connectivity index (χ1v) is 12.4. The summed E-state index contributed by atoms with van der Waals surface area (Å²) in [5.41, 5.74) is 0. The third-order valence-corrected chi connectivity index (χ3v) is 5.56. The molecule has 0 saturated heterocycles. The van der Waals surface area contributed by atoms with Crippen molar-refractivity contribution in [2.75, 3.05) is 13.2 Å². The van der Waals surface area contributed by atoms with Gasteiger partial charge in [0.05, 0.1) is 0 Å². The van der Waals surface area contributed by atoms with Crippen LogP contribution in [0.5, 0.6) is 11.5 Å². The van der Waals surface area contributed by atoms with Crippen LogP contribution in [0.4, 0.5) is 0 Å². The maximum absolute atomic E-state index is 11.8. The summed E-state index contributed by atoms with van der Waals surface area (Å²) < 4.78 is 5.38. The summed E-state index contributed by atoms with van der Waals surface area (Å²) in [5, 5.41) is 12.1. The Morgan fingerprint density at radius 1 is 0.733 bits per heavy atom. The Morgan fingerprint density at radius 3 is 1.63 bits per heavy atom. The minimum absolute atomic E-state index is 0.0175. The Bertz CT molecular complexity index is 516. The zero-order chi connectivity index (χ0) is 21.7. The third-order valence-electron chi connectivity index (χ3n) is 5.56. The number of carbonyl (C=O) groups excluding carboxylic acids is 1. The van der Waals surface area contributed by atoms with E-state index in [-0.39, 0.29) is 18.3 Å². The number of hydrogen-bond acceptors (Lipinski definition) is 3. The van der Waals surface area contributed by atoms with Crippen molar-refractivity contribution in [2.45, 2.75) is 110 Å². The van der Waals surface area contributed by atoms with Crippen molar-refractivity contribution in [2.24, 2.45) is 0 Å². The summed E-state index contributed by atoms with van der Waals surface area (Å²) in [6.07, 6.45) is 21.7. The molecular weight excluding hydrogens is 374 g/mol. The van der Waals surface area contributed by atoms with Gasteiger partial charge >= 0.3 is 0 Å². The second-order valence-electron chi connectivity index (χ2n) is 8.44. The summed E-state index contributed by atoms with van der Waals surface area (Å²) in [7, 11) is 0. The molecule has 0 aliphatic heterocycles. The summed E-state index contributed by atoms with van der Waals surface area (Å²) in [5.74, 6) is 0.685. The Morgan fingerprint density at radius 2 is 1.17 bits per heavy atom. The SMILES string of the molecule is CCCCCCCCCCCCCCCCCCNC(=O)COc1ccc(O)cc1. The zero-order valence-electron chi connectivity index (χ0n) is 19.3. The number of nitrogens with one attached hydrogen (secondary N) is 1. The van der Waals surface area contributed by atoms with Crippen LogP contribution in [-0.2, 0) is 4.79 Å². The number of phenolic OH excluding ortho intramolecular Hbond substituents is 1. The molecule has 0 bridgehead atoms. The fraction of sp³-hybridized carbons (Fsp3) is 0.731. The first-order valence-electron chi connectivity index (χ1n) is 12.4. The highest BCUT2D eigenvalue weighted by molar-refractivity contribution is 5.77. The topological polar surface area (TPSA) is 58.6 Å². The van der Waals surface area contributed by atoms with Gasteiger partial charge in [0.2, 0.25) is 0 Å². The zero-order valence-corrected chi connectivity index (χ0v) is 19.3. The molecule has 4 heteroatoms. The molecular formula is C26H45NO3. The van der Waals surface area contributed by atoms with Crippen LogP contribution in [0, 0.1) is 0 Å². The Hall–Kier alpha value is -1.71. The van der Waals surface area contributed by atoms with E-state index < -0.39 is 0 Å². The first kappa shape index (κ1) is 26.3. The maximum atomic E-state index is 11.8. The lowest BCUT2D eigenvalue weighted by atomic mass is 10.0. The number of aromatic hydroxyl groups is 1. The van der Waals surface area contributed by atoms with Gasteiger partial charge in [-0.3, -0.25) is 4.79 Å². The molecule has 0 unspecified atom stereocenters. The smallest absolute Gasteiger partial charge is 0.257 e. The number of hydrogen-bond donors (Lipinski definition) is 2. The van der Waals surface area contributed by atoms with Gasteiger partial charge in [-0.1, -0.05) is 103 Å². The number of benzene rings is 1. The number of carbonyl (C=O) groups is 1. The molecule has 1 amide bonds. The van der Waals surface area contributed by atoms with Gasteiger partial charge in [0.25, 0.3) is 5.91 Å². The molecule has 0 aromatic heterocycles. The summed E-state index contributed by atoms with van der Waals surface area (Å²) in [6, 6.07) is 6.39. The molecule has 172 valence electrons. The van der Waals surface area contributed by atoms with Crippen LogP contribution in [0.15, 0.2) is 24.3 Å². The van der Waals surface area contributed by atoms with E-state index in [2.05, 4.69) is 12.2 Å². The van der Waals surface area contributed by atoms with Gasteiger partial charge in [0.15, 0.2) is 6.61 Å². The average molecular weight is 420 g/mol. The minimum Gasteiger partial charge on any atom is -0.508 e. The second-order valence-corrected chi connectivity index (χ2v) is 8.44. The van der Waals surface area contributed by atoms with Crippen molar-refractivity contribution >= 4 is 5.91 Å². The Labute approximate surface area is 184 Å². The second kappa shape index (κ2) is 19.3. The number of phenols is 1. The monoisotopic (exact) mass is 419 g/mol. The molecule has 1 aromatic rings. The lowest BCUT2D eigenvalue weighted by Gasteiger charge is -2.07.